The highest BCUT2D eigenvalue weighted by Gasteiger charge is 2.65. The first kappa shape index (κ1) is 21.0. The minimum atomic E-state index is -3.79. The molecule has 2 atom stereocenters. The Bertz CT molecular complexity index is 834. The quantitative estimate of drug-likeness (QED) is 0.668. The highest BCUT2D eigenvalue weighted by molar-refractivity contribution is 7.89. The molecule has 1 heterocycles. The molecule has 0 saturated heterocycles. The molecule has 8 nitrogen and oxygen atoms in total. The van der Waals surface area contributed by atoms with Gasteiger partial charge >= 0.3 is 0 Å². The normalized spacial score (nSPS) is 26.1. The van der Waals surface area contributed by atoms with Crippen LogP contribution in [0.25, 0.3) is 0 Å². The molecule has 28 heavy (non-hydrogen) atoms. The lowest BCUT2D eigenvalue weighted by atomic mass is 9.70. The standard InChI is InChI=1S/C19H29N3O5S/c1-4-5-9-22(12-17(24)20-16-7-10-27-21-16)28(25,26)13-19-8-6-14(11-15(19)23)18(19,2)3/h7,10,14H,4-6,8-9,11-13H2,1-3H3,(H,20,21,24). The number of aromatic nitrogens is 1. The van der Waals surface area contributed by atoms with E-state index in [0.29, 0.717) is 19.3 Å². The highest BCUT2D eigenvalue weighted by Crippen LogP contribution is 2.64. The lowest BCUT2D eigenvalue weighted by Gasteiger charge is -2.37. The third-order valence-electron chi connectivity index (χ3n) is 6.75. The number of anilines is 1. The molecule has 9 heteroatoms. The van der Waals surface area contributed by atoms with Crippen molar-refractivity contribution in [3.05, 3.63) is 12.3 Å². The van der Waals surface area contributed by atoms with Crippen LogP contribution in [0.2, 0.25) is 0 Å². The fraction of sp³-hybridized carbons (Fsp3) is 0.737. The lowest BCUT2D eigenvalue weighted by Crippen LogP contribution is -2.48. The summed E-state index contributed by atoms with van der Waals surface area (Å²) in [6.45, 7) is 5.93. The van der Waals surface area contributed by atoms with Gasteiger partial charge in [0.05, 0.1) is 12.3 Å². The number of carbonyl (C=O) groups is 2. The second kappa shape index (κ2) is 7.59. The predicted molar refractivity (Wildman–Crippen MR) is 104 cm³/mol. The van der Waals surface area contributed by atoms with Gasteiger partial charge < -0.3 is 9.84 Å². The second-order valence-electron chi connectivity index (χ2n) is 8.54. The monoisotopic (exact) mass is 411 g/mol. The van der Waals surface area contributed by atoms with Crippen LogP contribution in [0.1, 0.15) is 52.9 Å². The summed E-state index contributed by atoms with van der Waals surface area (Å²) < 4.78 is 32.5. The van der Waals surface area contributed by atoms with Gasteiger partial charge in [-0.05, 0) is 30.6 Å². The fourth-order valence-corrected chi connectivity index (χ4v) is 6.99. The fourth-order valence-electron chi connectivity index (χ4n) is 4.78. The second-order valence-corrected chi connectivity index (χ2v) is 10.5. The van der Waals surface area contributed by atoms with Gasteiger partial charge in [-0.3, -0.25) is 9.59 Å². The van der Waals surface area contributed by atoms with E-state index in [-0.39, 0.29) is 41.8 Å². The smallest absolute Gasteiger partial charge is 0.240 e. The summed E-state index contributed by atoms with van der Waals surface area (Å²) in [4.78, 5) is 25.1. The first-order valence-corrected chi connectivity index (χ1v) is 11.4. The number of fused-ring (bicyclic) bond motifs is 2. The van der Waals surface area contributed by atoms with E-state index in [1.165, 1.54) is 16.6 Å². The number of carbonyl (C=O) groups excluding carboxylic acids is 2. The van der Waals surface area contributed by atoms with Gasteiger partial charge in [0.15, 0.2) is 5.82 Å². The van der Waals surface area contributed by atoms with Gasteiger partial charge in [-0.2, -0.15) is 4.31 Å². The minimum absolute atomic E-state index is 0.0554. The summed E-state index contributed by atoms with van der Waals surface area (Å²) in [5.74, 6) is -0.160. The van der Waals surface area contributed by atoms with Crippen LogP contribution in [0.4, 0.5) is 5.82 Å². The maximum Gasteiger partial charge on any atom is 0.240 e. The molecule has 1 amide bonds. The number of nitrogens with one attached hydrogen (secondary N) is 1. The van der Waals surface area contributed by atoms with Crippen LogP contribution in [0, 0.1) is 16.7 Å². The molecular formula is C19H29N3O5S. The van der Waals surface area contributed by atoms with Crippen molar-refractivity contribution >= 4 is 27.5 Å². The molecular weight excluding hydrogens is 382 g/mol. The van der Waals surface area contributed by atoms with E-state index in [1.54, 1.807) is 0 Å². The van der Waals surface area contributed by atoms with E-state index in [1.807, 2.05) is 20.8 Å². The molecule has 1 aromatic heterocycles. The zero-order valence-electron chi connectivity index (χ0n) is 16.7. The van der Waals surface area contributed by atoms with Crippen LogP contribution in [-0.4, -0.2) is 48.4 Å². The predicted octanol–water partition coefficient (Wildman–Crippen LogP) is 2.44. The van der Waals surface area contributed by atoms with E-state index in [2.05, 4.69) is 15.0 Å². The molecule has 1 aromatic rings. The zero-order valence-corrected chi connectivity index (χ0v) is 17.5. The Kier molecular flexibility index (Phi) is 5.69. The van der Waals surface area contributed by atoms with Crippen molar-refractivity contribution in [2.75, 3.05) is 24.2 Å². The Balaban J connectivity index is 1.78. The minimum Gasteiger partial charge on any atom is -0.363 e. The molecule has 0 radical (unpaired) electrons. The number of unbranched alkanes of at least 4 members (excludes halogenated alkanes) is 1. The number of ketones is 1. The van der Waals surface area contributed by atoms with Crippen molar-refractivity contribution in [2.24, 2.45) is 16.7 Å². The van der Waals surface area contributed by atoms with Crippen LogP contribution in [0.5, 0.6) is 0 Å². The van der Waals surface area contributed by atoms with Gasteiger partial charge in [0.1, 0.15) is 12.0 Å². The van der Waals surface area contributed by atoms with E-state index in [0.717, 1.165) is 12.8 Å². The van der Waals surface area contributed by atoms with Crippen LogP contribution in [0.15, 0.2) is 16.9 Å². The summed E-state index contributed by atoms with van der Waals surface area (Å²) in [5, 5.41) is 6.14. The van der Waals surface area contributed by atoms with Crippen LogP contribution in [-0.2, 0) is 19.6 Å². The Morgan fingerprint density at radius 1 is 1.43 bits per heavy atom. The summed E-state index contributed by atoms with van der Waals surface area (Å²) >= 11 is 0. The molecule has 2 aliphatic rings. The van der Waals surface area contributed by atoms with Crippen LogP contribution in [0.3, 0.4) is 0 Å². The molecule has 2 saturated carbocycles. The molecule has 1 N–H and O–H groups in total. The summed E-state index contributed by atoms with van der Waals surface area (Å²) in [5.41, 5.74) is -1.18. The van der Waals surface area contributed by atoms with Gasteiger partial charge in [0.2, 0.25) is 15.9 Å². The van der Waals surface area contributed by atoms with E-state index >= 15 is 0 Å². The van der Waals surface area contributed by atoms with Gasteiger partial charge in [0.25, 0.3) is 0 Å². The molecule has 2 unspecified atom stereocenters. The zero-order chi connectivity index (χ0) is 20.6. The topological polar surface area (TPSA) is 110 Å². The number of hydrogen-bond donors (Lipinski definition) is 1. The Morgan fingerprint density at radius 2 is 2.18 bits per heavy atom. The molecule has 156 valence electrons. The lowest BCUT2D eigenvalue weighted by molar-refractivity contribution is -0.128. The van der Waals surface area contributed by atoms with Gasteiger partial charge in [-0.25, -0.2) is 8.42 Å². The summed E-state index contributed by atoms with van der Waals surface area (Å²) in [7, 11) is -3.79. The van der Waals surface area contributed by atoms with Gasteiger partial charge in [0, 0.05) is 24.4 Å². The number of Topliss-reactive ketones (excluding diaryl/α,β-unsaturated/α-hetero) is 1. The van der Waals surface area contributed by atoms with Crippen molar-refractivity contribution in [1.82, 2.24) is 9.46 Å². The molecule has 0 aliphatic heterocycles. The number of nitrogens with zero attached hydrogens (tertiary/aromatic N) is 2. The Hall–Kier alpha value is -1.74. The summed E-state index contributed by atoms with van der Waals surface area (Å²) in [6, 6.07) is 1.49. The van der Waals surface area contributed by atoms with Crippen molar-refractivity contribution in [3.63, 3.8) is 0 Å². The maximum atomic E-state index is 13.3. The number of hydrogen-bond acceptors (Lipinski definition) is 6. The molecule has 2 fully saturated rings. The Labute approximate surface area is 166 Å². The van der Waals surface area contributed by atoms with Crippen molar-refractivity contribution in [1.29, 1.82) is 0 Å². The summed E-state index contributed by atoms with van der Waals surface area (Å²) in [6.07, 6.45) is 4.72. The Morgan fingerprint density at radius 3 is 2.71 bits per heavy atom. The van der Waals surface area contributed by atoms with E-state index in [9.17, 15) is 18.0 Å². The third-order valence-corrected chi connectivity index (χ3v) is 8.70. The maximum absolute atomic E-state index is 13.3. The van der Waals surface area contributed by atoms with Gasteiger partial charge in [-0.1, -0.05) is 32.3 Å². The average Bonchev–Trinajstić information content (AvgIpc) is 3.24. The molecule has 3 rings (SSSR count). The number of amides is 1. The number of sulfonamides is 1. The van der Waals surface area contributed by atoms with Gasteiger partial charge in [-0.15, -0.1) is 0 Å². The van der Waals surface area contributed by atoms with Crippen molar-refractivity contribution < 1.29 is 22.5 Å². The van der Waals surface area contributed by atoms with E-state index < -0.39 is 21.3 Å². The third kappa shape index (κ3) is 3.61. The van der Waals surface area contributed by atoms with E-state index in [4.69, 9.17) is 0 Å². The molecule has 2 aliphatic carbocycles. The molecule has 0 aromatic carbocycles. The molecule has 2 bridgehead atoms. The SMILES string of the molecule is CCCCN(CC(=O)Nc1ccon1)S(=O)(=O)CC12CCC(CC1=O)C2(C)C. The first-order valence-electron chi connectivity index (χ1n) is 9.84. The average molecular weight is 412 g/mol. The largest absolute Gasteiger partial charge is 0.363 e. The highest BCUT2D eigenvalue weighted by atomic mass is 32.2. The van der Waals surface area contributed by atoms with Crippen LogP contribution < -0.4 is 5.32 Å². The van der Waals surface area contributed by atoms with Crippen molar-refractivity contribution in [3.8, 4) is 0 Å². The number of rotatable bonds is 9. The molecule has 0 spiro atoms. The van der Waals surface area contributed by atoms with Crippen LogP contribution >= 0.6 is 0 Å². The first-order chi connectivity index (χ1) is 13.1. The van der Waals surface area contributed by atoms with Crippen molar-refractivity contribution in [2.45, 2.75) is 52.9 Å².